The summed E-state index contributed by atoms with van der Waals surface area (Å²) in [4.78, 5) is 12.0. The van der Waals surface area contributed by atoms with Crippen LogP contribution in [0.2, 0.25) is 0 Å². The van der Waals surface area contributed by atoms with E-state index >= 15 is 0 Å². The Bertz CT molecular complexity index is 761. The number of hydrogen-bond donors (Lipinski definition) is 1. The summed E-state index contributed by atoms with van der Waals surface area (Å²) in [7, 11) is -0.451. The van der Waals surface area contributed by atoms with E-state index in [2.05, 4.69) is 13.8 Å². The van der Waals surface area contributed by atoms with E-state index in [0.717, 1.165) is 5.46 Å². The van der Waals surface area contributed by atoms with E-state index in [1.165, 1.54) is 4.57 Å². The number of oxazole rings is 1. The minimum absolute atomic E-state index is 0.000741. The molecular formula is C16H22BNO5. The normalized spacial score (nSPS) is 18.6. The van der Waals surface area contributed by atoms with Crippen molar-refractivity contribution in [2.24, 2.45) is 5.41 Å². The molecule has 1 aromatic carbocycles. The summed E-state index contributed by atoms with van der Waals surface area (Å²) in [5, 5.41) is 10.00. The highest BCUT2D eigenvalue weighted by atomic mass is 16.6. The highest BCUT2D eigenvalue weighted by Gasteiger charge is 2.34. The second-order valence-corrected chi connectivity index (χ2v) is 7.61. The first-order valence-corrected chi connectivity index (χ1v) is 7.74. The number of nitrogens with zero attached hydrogens (tertiary/aromatic N) is 1. The number of hydrogen-bond acceptors (Lipinski definition) is 5. The van der Waals surface area contributed by atoms with E-state index in [-0.39, 0.29) is 12.0 Å². The predicted octanol–water partition coefficient (Wildman–Crippen LogP) is 1.13. The first-order chi connectivity index (χ1) is 10.6. The van der Waals surface area contributed by atoms with Gasteiger partial charge in [-0.15, -0.1) is 0 Å². The quantitative estimate of drug-likeness (QED) is 0.859. The molecule has 2 heterocycles. The van der Waals surface area contributed by atoms with Crippen LogP contribution in [0.1, 0.15) is 27.7 Å². The summed E-state index contributed by atoms with van der Waals surface area (Å²) in [5.41, 5.74) is 0.932. The molecule has 1 N–H and O–H groups in total. The third kappa shape index (κ3) is 3.52. The monoisotopic (exact) mass is 319 g/mol. The van der Waals surface area contributed by atoms with Crippen LogP contribution in [0.15, 0.2) is 27.4 Å². The van der Waals surface area contributed by atoms with E-state index in [1.807, 2.05) is 12.1 Å². The van der Waals surface area contributed by atoms with Crippen molar-refractivity contribution < 1.29 is 18.8 Å². The van der Waals surface area contributed by atoms with E-state index in [9.17, 15) is 9.90 Å². The summed E-state index contributed by atoms with van der Waals surface area (Å²) < 4.78 is 18.2. The Morgan fingerprint density at radius 2 is 1.96 bits per heavy atom. The maximum atomic E-state index is 12.0. The lowest BCUT2D eigenvalue weighted by Crippen LogP contribution is -2.47. The zero-order chi connectivity index (χ0) is 16.8. The molecule has 23 heavy (non-hydrogen) atoms. The van der Waals surface area contributed by atoms with Gasteiger partial charge in [0.05, 0.1) is 17.7 Å². The van der Waals surface area contributed by atoms with Gasteiger partial charge in [-0.1, -0.05) is 19.9 Å². The molecule has 1 aliphatic heterocycles. The third-order valence-electron chi connectivity index (χ3n) is 3.76. The molecule has 1 saturated heterocycles. The second-order valence-electron chi connectivity index (χ2n) is 7.61. The molecule has 0 spiro atoms. The zero-order valence-corrected chi connectivity index (χ0v) is 14.0. The van der Waals surface area contributed by atoms with Crippen molar-refractivity contribution in [3.05, 3.63) is 28.7 Å². The molecule has 1 aromatic heterocycles. The number of fused-ring (bicyclic) bond motifs is 1. The van der Waals surface area contributed by atoms with Gasteiger partial charge in [-0.25, -0.2) is 4.79 Å². The molecular weight excluding hydrogens is 297 g/mol. The van der Waals surface area contributed by atoms with Gasteiger partial charge in [0, 0.05) is 18.6 Å². The Hall–Kier alpha value is -1.57. The van der Waals surface area contributed by atoms with Crippen LogP contribution in [0, 0.1) is 5.41 Å². The molecule has 0 amide bonds. The number of aromatic nitrogens is 1. The minimum atomic E-state index is -1.02. The summed E-state index contributed by atoms with van der Waals surface area (Å²) >= 11 is 0. The molecule has 0 aliphatic carbocycles. The van der Waals surface area contributed by atoms with Crippen LogP contribution >= 0.6 is 0 Å². The molecule has 3 rings (SSSR count). The Morgan fingerprint density at radius 3 is 2.57 bits per heavy atom. The molecule has 0 atom stereocenters. The molecule has 0 radical (unpaired) electrons. The predicted molar refractivity (Wildman–Crippen MR) is 87.8 cm³/mol. The topological polar surface area (TPSA) is 73.8 Å². The fourth-order valence-corrected chi connectivity index (χ4v) is 2.65. The van der Waals surface area contributed by atoms with Crippen molar-refractivity contribution in [1.82, 2.24) is 4.57 Å². The highest BCUT2D eigenvalue weighted by molar-refractivity contribution is 6.61. The molecule has 124 valence electrons. The van der Waals surface area contributed by atoms with Crippen molar-refractivity contribution in [3.8, 4) is 0 Å². The van der Waals surface area contributed by atoms with Crippen molar-refractivity contribution >= 4 is 23.7 Å². The number of benzene rings is 1. The fourth-order valence-electron chi connectivity index (χ4n) is 2.65. The van der Waals surface area contributed by atoms with Gasteiger partial charge >= 0.3 is 12.9 Å². The standard InChI is InChI=1S/C16H22BNO5/c1-15(2)9-21-17(22-10-15)11-5-6-13-12(7-11)18(14(19)23-13)8-16(3,4)20/h5-7,20H,8-10H2,1-4H3. The summed E-state index contributed by atoms with van der Waals surface area (Å²) in [6.45, 7) is 8.85. The van der Waals surface area contributed by atoms with Crippen molar-refractivity contribution in [2.75, 3.05) is 13.2 Å². The van der Waals surface area contributed by atoms with Gasteiger partial charge in [0.25, 0.3) is 0 Å². The van der Waals surface area contributed by atoms with Gasteiger partial charge in [0.1, 0.15) is 0 Å². The van der Waals surface area contributed by atoms with Crippen LogP contribution in [0.4, 0.5) is 0 Å². The summed E-state index contributed by atoms with van der Waals surface area (Å²) in [5.74, 6) is -0.481. The summed E-state index contributed by atoms with van der Waals surface area (Å²) in [6, 6.07) is 5.40. The number of aliphatic hydroxyl groups is 1. The molecule has 0 unspecified atom stereocenters. The van der Waals surface area contributed by atoms with E-state index < -0.39 is 18.5 Å². The van der Waals surface area contributed by atoms with E-state index in [4.69, 9.17) is 13.7 Å². The van der Waals surface area contributed by atoms with Crippen LogP contribution in [0.3, 0.4) is 0 Å². The molecule has 2 aromatic rings. The minimum Gasteiger partial charge on any atom is -0.408 e. The van der Waals surface area contributed by atoms with Crippen molar-refractivity contribution in [2.45, 2.75) is 39.8 Å². The average Bonchev–Trinajstić information content (AvgIpc) is 2.73. The van der Waals surface area contributed by atoms with Gasteiger partial charge in [-0.2, -0.15) is 0 Å². The first-order valence-electron chi connectivity index (χ1n) is 7.74. The second kappa shape index (κ2) is 5.51. The highest BCUT2D eigenvalue weighted by Crippen LogP contribution is 2.22. The smallest absolute Gasteiger partial charge is 0.408 e. The molecule has 0 saturated carbocycles. The Labute approximate surface area is 135 Å². The maximum absolute atomic E-state index is 12.0. The largest absolute Gasteiger partial charge is 0.493 e. The van der Waals surface area contributed by atoms with Crippen molar-refractivity contribution in [1.29, 1.82) is 0 Å². The van der Waals surface area contributed by atoms with E-state index in [0.29, 0.717) is 24.3 Å². The Balaban J connectivity index is 1.95. The molecule has 6 nitrogen and oxygen atoms in total. The first kappa shape index (κ1) is 16.3. The van der Waals surface area contributed by atoms with Gasteiger partial charge in [0.15, 0.2) is 5.58 Å². The fraction of sp³-hybridized carbons (Fsp3) is 0.562. The van der Waals surface area contributed by atoms with Crippen LogP contribution in [0.25, 0.3) is 11.1 Å². The Kier molecular flexibility index (Phi) is 3.90. The number of rotatable bonds is 3. The zero-order valence-electron chi connectivity index (χ0n) is 14.0. The molecule has 7 heteroatoms. The molecule has 1 aliphatic rings. The average molecular weight is 319 g/mol. The summed E-state index contributed by atoms with van der Waals surface area (Å²) in [6.07, 6.45) is 0. The van der Waals surface area contributed by atoms with Crippen LogP contribution in [-0.4, -0.2) is 35.6 Å². The van der Waals surface area contributed by atoms with Gasteiger partial charge in [-0.05, 0) is 31.4 Å². The van der Waals surface area contributed by atoms with Crippen molar-refractivity contribution in [3.63, 3.8) is 0 Å². The third-order valence-corrected chi connectivity index (χ3v) is 3.76. The SMILES string of the molecule is CC(C)(O)Cn1c(=O)oc2ccc(B3OCC(C)(C)CO3)cc21. The van der Waals surface area contributed by atoms with Gasteiger partial charge in [0.2, 0.25) is 0 Å². The lowest BCUT2D eigenvalue weighted by molar-refractivity contribution is 0.0343. The van der Waals surface area contributed by atoms with Gasteiger partial charge in [-0.3, -0.25) is 4.57 Å². The molecule has 0 bridgehead atoms. The van der Waals surface area contributed by atoms with Crippen LogP contribution < -0.4 is 11.2 Å². The van der Waals surface area contributed by atoms with Crippen LogP contribution in [-0.2, 0) is 15.9 Å². The van der Waals surface area contributed by atoms with E-state index in [1.54, 1.807) is 19.9 Å². The van der Waals surface area contributed by atoms with Gasteiger partial charge < -0.3 is 18.8 Å². The van der Waals surface area contributed by atoms with Crippen LogP contribution in [0.5, 0.6) is 0 Å². The lowest BCUT2D eigenvalue weighted by Gasteiger charge is -2.33. The Morgan fingerprint density at radius 1 is 1.30 bits per heavy atom. The lowest BCUT2D eigenvalue weighted by atomic mass is 9.76. The maximum Gasteiger partial charge on any atom is 0.493 e. The molecule has 1 fully saturated rings.